The lowest BCUT2D eigenvalue weighted by molar-refractivity contribution is 0.922. The molecule has 1 aliphatic rings. The summed E-state index contributed by atoms with van der Waals surface area (Å²) < 4.78 is 0. The SMILES string of the molecule is Cc1ccc(C)c(C2=NN(c3ccccc3)CC2)c1C. The quantitative estimate of drug-likeness (QED) is 0.792. The van der Waals surface area contributed by atoms with E-state index in [1.807, 2.05) is 6.07 Å². The Morgan fingerprint density at radius 3 is 2.35 bits per heavy atom. The van der Waals surface area contributed by atoms with Crippen LogP contribution in [0.1, 0.15) is 28.7 Å². The fourth-order valence-electron chi connectivity index (χ4n) is 2.81. The fourth-order valence-corrected chi connectivity index (χ4v) is 2.81. The zero-order chi connectivity index (χ0) is 14.1. The van der Waals surface area contributed by atoms with Gasteiger partial charge in [0.05, 0.1) is 11.4 Å². The molecule has 0 fully saturated rings. The van der Waals surface area contributed by atoms with Crippen molar-refractivity contribution in [1.29, 1.82) is 0 Å². The summed E-state index contributed by atoms with van der Waals surface area (Å²) in [6.07, 6.45) is 1.01. The topological polar surface area (TPSA) is 15.6 Å². The molecule has 0 amide bonds. The second-order valence-electron chi connectivity index (χ2n) is 5.45. The van der Waals surface area contributed by atoms with Gasteiger partial charge in [0.15, 0.2) is 0 Å². The summed E-state index contributed by atoms with van der Waals surface area (Å²) >= 11 is 0. The molecular weight excluding hydrogens is 244 g/mol. The third kappa shape index (κ3) is 2.22. The first-order chi connectivity index (χ1) is 9.66. The van der Waals surface area contributed by atoms with E-state index in [1.54, 1.807) is 0 Å². The summed E-state index contributed by atoms with van der Waals surface area (Å²) in [7, 11) is 0. The van der Waals surface area contributed by atoms with Gasteiger partial charge in [-0.1, -0.05) is 30.3 Å². The minimum Gasteiger partial charge on any atom is -0.265 e. The Morgan fingerprint density at radius 2 is 1.60 bits per heavy atom. The third-order valence-electron chi connectivity index (χ3n) is 4.09. The molecule has 0 aliphatic carbocycles. The van der Waals surface area contributed by atoms with Gasteiger partial charge in [0.25, 0.3) is 0 Å². The van der Waals surface area contributed by atoms with Crippen LogP contribution in [-0.4, -0.2) is 12.3 Å². The van der Waals surface area contributed by atoms with Gasteiger partial charge in [0, 0.05) is 18.5 Å². The van der Waals surface area contributed by atoms with E-state index in [0.29, 0.717) is 0 Å². The molecule has 1 heterocycles. The van der Waals surface area contributed by atoms with Gasteiger partial charge in [0.2, 0.25) is 0 Å². The number of hydrogen-bond donors (Lipinski definition) is 0. The van der Waals surface area contributed by atoms with Crippen LogP contribution in [0.3, 0.4) is 0 Å². The average molecular weight is 264 g/mol. The van der Waals surface area contributed by atoms with Crippen LogP contribution in [-0.2, 0) is 0 Å². The molecule has 0 atom stereocenters. The summed E-state index contributed by atoms with van der Waals surface area (Å²) in [4.78, 5) is 0. The summed E-state index contributed by atoms with van der Waals surface area (Å²) in [6, 6.07) is 14.8. The zero-order valence-corrected chi connectivity index (χ0v) is 12.4. The van der Waals surface area contributed by atoms with Crippen molar-refractivity contribution in [2.75, 3.05) is 11.6 Å². The van der Waals surface area contributed by atoms with Crippen molar-refractivity contribution >= 4 is 11.4 Å². The maximum absolute atomic E-state index is 4.84. The van der Waals surface area contributed by atoms with Crippen molar-refractivity contribution in [2.24, 2.45) is 5.10 Å². The first-order valence-electron chi connectivity index (χ1n) is 7.14. The van der Waals surface area contributed by atoms with Crippen molar-refractivity contribution in [1.82, 2.24) is 0 Å². The molecule has 0 unspecified atom stereocenters. The van der Waals surface area contributed by atoms with E-state index in [-0.39, 0.29) is 0 Å². The first-order valence-corrected chi connectivity index (χ1v) is 7.14. The molecule has 0 aromatic heterocycles. The van der Waals surface area contributed by atoms with E-state index in [0.717, 1.165) is 13.0 Å². The lowest BCUT2D eigenvalue weighted by Crippen LogP contribution is -2.11. The number of nitrogens with zero attached hydrogens (tertiary/aromatic N) is 2. The molecule has 1 aliphatic heterocycles. The minimum absolute atomic E-state index is 0.964. The number of aryl methyl sites for hydroxylation is 2. The Bertz CT molecular complexity index is 657. The molecule has 2 aromatic carbocycles. The number of para-hydroxylation sites is 1. The number of anilines is 1. The standard InChI is InChI=1S/C18H20N2/c1-13-9-10-14(2)18(15(13)3)17-11-12-20(19-17)16-7-5-4-6-8-16/h4-10H,11-12H2,1-3H3. The normalized spacial score (nSPS) is 14.6. The predicted molar refractivity (Wildman–Crippen MR) is 85.6 cm³/mol. The van der Waals surface area contributed by atoms with Gasteiger partial charge in [-0.3, -0.25) is 5.01 Å². The van der Waals surface area contributed by atoms with Crippen LogP contribution in [0.15, 0.2) is 47.6 Å². The second-order valence-corrected chi connectivity index (χ2v) is 5.45. The van der Waals surface area contributed by atoms with E-state index < -0.39 is 0 Å². The Balaban J connectivity index is 1.99. The van der Waals surface area contributed by atoms with Crippen LogP contribution in [0.25, 0.3) is 0 Å². The van der Waals surface area contributed by atoms with Gasteiger partial charge >= 0.3 is 0 Å². The van der Waals surface area contributed by atoms with Crippen LogP contribution >= 0.6 is 0 Å². The summed E-state index contributed by atoms with van der Waals surface area (Å²) in [6.45, 7) is 7.51. The third-order valence-corrected chi connectivity index (χ3v) is 4.09. The highest BCUT2D eigenvalue weighted by Gasteiger charge is 2.20. The largest absolute Gasteiger partial charge is 0.265 e. The van der Waals surface area contributed by atoms with Crippen LogP contribution < -0.4 is 5.01 Å². The molecule has 0 saturated heterocycles. The Labute approximate surface area is 120 Å². The monoisotopic (exact) mass is 264 g/mol. The summed E-state index contributed by atoms with van der Waals surface area (Å²) in [5, 5.41) is 6.95. The van der Waals surface area contributed by atoms with Crippen molar-refractivity contribution in [3.05, 3.63) is 64.7 Å². The summed E-state index contributed by atoms with van der Waals surface area (Å²) in [5.41, 5.74) is 7.74. The molecule has 2 heteroatoms. The van der Waals surface area contributed by atoms with Gasteiger partial charge in [-0.25, -0.2) is 0 Å². The maximum atomic E-state index is 4.84. The second kappa shape index (κ2) is 5.12. The molecule has 3 rings (SSSR count). The lowest BCUT2D eigenvalue weighted by Gasteiger charge is -2.13. The number of benzene rings is 2. The van der Waals surface area contributed by atoms with Crippen LogP contribution in [0.5, 0.6) is 0 Å². The van der Waals surface area contributed by atoms with Crippen molar-refractivity contribution in [2.45, 2.75) is 27.2 Å². The van der Waals surface area contributed by atoms with Crippen LogP contribution in [0.2, 0.25) is 0 Å². The van der Waals surface area contributed by atoms with Gasteiger partial charge in [0.1, 0.15) is 0 Å². The molecule has 102 valence electrons. The molecule has 0 spiro atoms. The van der Waals surface area contributed by atoms with E-state index in [1.165, 1.54) is 33.7 Å². The minimum atomic E-state index is 0.964. The number of hydrazone groups is 1. The highest BCUT2D eigenvalue weighted by atomic mass is 15.5. The first kappa shape index (κ1) is 12.9. The zero-order valence-electron chi connectivity index (χ0n) is 12.4. The molecule has 0 saturated carbocycles. The van der Waals surface area contributed by atoms with Gasteiger partial charge < -0.3 is 0 Å². The highest BCUT2D eigenvalue weighted by molar-refractivity contribution is 6.05. The molecule has 0 N–H and O–H groups in total. The van der Waals surface area contributed by atoms with Crippen LogP contribution in [0, 0.1) is 20.8 Å². The molecule has 0 bridgehead atoms. The van der Waals surface area contributed by atoms with Crippen molar-refractivity contribution < 1.29 is 0 Å². The summed E-state index contributed by atoms with van der Waals surface area (Å²) in [5.74, 6) is 0. The van der Waals surface area contributed by atoms with E-state index >= 15 is 0 Å². The predicted octanol–water partition coefficient (Wildman–Crippen LogP) is 4.23. The Morgan fingerprint density at radius 1 is 0.900 bits per heavy atom. The fraction of sp³-hybridized carbons (Fsp3) is 0.278. The van der Waals surface area contributed by atoms with E-state index in [9.17, 15) is 0 Å². The molecule has 0 radical (unpaired) electrons. The Hall–Kier alpha value is -2.09. The van der Waals surface area contributed by atoms with Gasteiger partial charge in [-0.05, 0) is 49.6 Å². The van der Waals surface area contributed by atoms with Gasteiger partial charge in [-0.2, -0.15) is 5.10 Å². The molecular formula is C18H20N2. The van der Waals surface area contributed by atoms with Crippen molar-refractivity contribution in [3.8, 4) is 0 Å². The lowest BCUT2D eigenvalue weighted by atomic mass is 9.94. The smallest absolute Gasteiger partial charge is 0.0705 e. The van der Waals surface area contributed by atoms with E-state index in [4.69, 9.17) is 5.10 Å². The highest BCUT2D eigenvalue weighted by Crippen LogP contribution is 2.25. The van der Waals surface area contributed by atoms with Crippen molar-refractivity contribution in [3.63, 3.8) is 0 Å². The van der Waals surface area contributed by atoms with Gasteiger partial charge in [-0.15, -0.1) is 0 Å². The number of hydrogen-bond acceptors (Lipinski definition) is 2. The maximum Gasteiger partial charge on any atom is 0.0705 e. The number of rotatable bonds is 2. The molecule has 2 aromatic rings. The molecule has 20 heavy (non-hydrogen) atoms. The van der Waals surface area contributed by atoms with E-state index in [2.05, 4.69) is 62.2 Å². The van der Waals surface area contributed by atoms with Crippen LogP contribution in [0.4, 0.5) is 5.69 Å². The average Bonchev–Trinajstić information content (AvgIpc) is 2.94. The Kier molecular flexibility index (Phi) is 3.31. The molecule has 2 nitrogen and oxygen atoms in total.